The highest BCUT2D eigenvalue weighted by Crippen LogP contribution is 2.22. The summed E-state index contributed by atoms with van der Waals surface area (Å²) in [5.74, 6) is -4.50. The number of benzene rings is 1. The van der Waals surface area contributed by atoms with Crippen LogP contribution in [-0.4, -0.2) is 40.2 Å². The lowest BCUT2D eigenvalue weighted by Crippen LogP contribution is -2.35. The van der Waals surface area contributed by atoms with Crippen LogP contribution in [0.5, 0.6) is 0 Å². The van der Waals surface area contributed by atoms with Crippen molar-refractivity contribution in [2.45, 2.75) is 18.9 Å². The topological polar surface area (TPSA) is 130 Å². The lowest BCUT2D eigenvalue weighted by Gasteiger charge is -2.14. The Kier molecular flexibility index (Phi) is 5.93. The quantitative estimate of drug-likeness (QED) is 0.606. The van der Waals surface area contributed by atoms with Crippen molar-refractivity contribution in [1.82, 2.24) is 0 Å². The summed E-state index contributed by atoms with van der Waals surface area (Å²) in [5.41, 5.74) is 5.27. The van der Waals surface area contributed by atoms with Crippen LogP contribution in [0.3, 0.4) is 0 Å². The highest BCUT2D eigenvalue weighted by Gasteiger charge is 2.26. The molecule has 0 aromatic heterocycles. The van der Waals surface area contributed by atoms with Gasteiger partial charge in [0.15, 0.2) is 7.11 Å². The average molecular weight is 315 g/mol. The molecule has 0 saturated carbocycles. The van der Waals surface area contributed by atoms with Gasteiger partial charge in [-0.15, -0.1) is 0 Å². The molecule has 0 saturated heterocycles. The second-order valence-electron chi connectivity index (χ2n) is 4.65. The van der Waals surface area contributed by atoms with E-state index in [0.717, 1.165) is 19.2 Å². The molecule has 0 aliphatic carbocycles. The number of carboxylic acid groups (broad SMARTS) is 2. The fraction of sp³-hybridized carbons (Fsp3) is 0.385. The summed E-state index contributed by atoms with van der Waals surface area (Å²) < 4.78 is 13.7. The van der Waals surface area contributed by atoms with Gasteiger partial charge in [-0.05, 0) is 24.5 Å². The maximum absolute atomic E-state index is 13.7. The van der Waals surface area contributed by atoms with Crippen LogP contribution < -0.4 is 5.73 Å². The first-order valence-electron chi connectivity index (χ1n) is 6.27. The van der Waals surface area contributed by atoms with Crippen molar-refractivity contribution in [1.29, 1.82) is 0 Å². The Balaban J connectivity index is 2.91. The Morgan fingerprint density at radius 2 is 2.00 bits per heavy atom. The number of nitrogens with zero attached hydrogens (tertiary/aromatic N) is 1. The van der Waals surface area contributed by atoms with Crippen molar-refractivity contribution >= 4 is 17.6 Å². The van der Waals surface area contributed by atoms with Crippen molar-refractivity contribution < 1.29 is 34.0 Å². The van der Waals surface area contributed by atoms with Crippen LogP contribution in [0.4, 0.5) is 10.1 Å². The van der Waals surface area contributed by atoms with E-state index in [-0.39, 0.29) is 23.5 Å². The zero-order valence-corrected chi connectivity index (χ0v) is 11.7. The summed E-state index contributed by atoms with van der Waals surface area (Å²) in [6.07, 6.45) is -0.404. The van der Waals surface area contributed by atoms with Crippen LogP contribution in [0.25, 0.3) is 0 Å². The number of hydrogen-bond donors (Lipinski definition) is 3. The summed E-state index contributed by atoms with van der Waals surface area (Å²) >= 11 is 0. The average Bonchev–Trinajstić information content (AvgIpc) is 2.45. The minimum absolute atomic E-state index is 0.0197. The fourth-order valence-electron chi connectivity index (χ4n) is 1.89. The van der Waals surface area contributed by atoms with E-state index >= 15 is 0 Å². The van der Waals surface area contributed by atoms with E-state index in [2.05, 4.69) is 4.84 Å². The predicted octanol–water partition coefficient (Wildman–Crippen LogP) is 0.843. The minimum Gasteiger partial charge on any atom is -0.481 e. The van der Waals surface area contributed by atoms with E-state index in [9.17, 15) is 18.9 Å². The van der Waals surface area contributed by atoms with E-state index < -0.39 is 29.7 Å². The molecule has 120 valence electrons. The number of hydrogen-bond acceptors (Lipinski definition) is 5. The molecule has 9 heteroatoms. The van der Waals surface area contributed by atoms with Gasteiger partial charge >= 0.3 is 17.6 Å². The fourth-order valence-corrected chi connectivity index (χ4v) is 1.89. The Labute approximate surface area is 124 Å². The van der Waals surface area contributed by atoms with Crippen LogP contribution >= 0.6 is 0 Å². The number of carbonyl (C=O) groups is 2. The molecular weight excluding hydrogens is 299 g/mol. The molecule has 1 rings (SSSR count). The van der Waals surface area contributed by atoms with Crippen LogP contribution in [-0.2, 0) is 20.8 Å². The predicted molar refractivity (Wildman–Crippen MR) is 71.8 cm³/mol. The molecule has 0 radical (unpaired) electrons. The van der Waals surface area contributed by atoms with Gasteiger partial charge in [0.05, 0.1) is 10.8 Å². The van der Waals surface area contributed by atoms with Gasteiger partial charge in [-0.25, -0.2) is 4.84 Å². The summed E-state index contributed by atoms with van der Waals surface area (Å²) in [6, 6.07) is 2.19. The van der Waals surface area contributed by atoms with Crippen molar-refractivity contribution in [3.8, 4) is 0 Å². The summed E-state index contributed by atoms with van der Waals surface area (Å²) in [5, 5.41) is 17.8. The maximum atomic E-state index is 13.7. The van der Waals surface area contributed by atoms with E-state index in [1.165, 1.54) is 6.07 Å². The largest absolute Gasteiger partial charge is 0.481 e. The van der Waals surface area contributed by atoms with Crippen molar-refractivity contribution in [2.75, 3.05) is 7.11 Å². The zero-order chi connectivity index (χ0) is 16.9. The monoisotopic (exact) mass is 315 g/mol. The molecule has 0 heterocycles. The molecule has 0 bridgehead atoms. The molecule has 1 aromatic carbocycles. The number of halogens is 1. The molecule has 22 heavy (non-hydrogen) atoms. The number of aliphatic carboxylic acids is 2. The Hall–Kier alpha value is -2.55. The smallest absolute Gasteiger partial charge is 0.352 e. The van der Waals surface area contributed by atoms with Crippen molar-refractivity contribution in [2.24, 2.45) is 11.7 Å². The SMILES string of the molecule is CO[N+](=O)c1ccc(CC(CC(N)C(=O)O)C(=O)O)cc1F. The van der Waals surface area contributed by atoms with Crippen LogP contribution in [0.2, 0.25) is 0 Å². The second kappa shape index (κ2) is 7.46. The molecule has 0 amide bonds. The molecule has 1 aromatic rings. The van der Waals surface area contributed by atoms with E-state index in [0.29, 0.717) is 5.56 Å². The normalized spacial score (nSPS) is 13.2. The standard InChI is InChI=1S/C13H15FN2O6/c1-22-16(21)11-3-2-7(5-9(11)14)4-8(12(17)18)6-10(15)13(19)20/h2-3,5,8,10H,4,6,15H2,1H3,(H-,17,18,19,20)/p+1. The van der Waals surface area contributed by atoms with Gasteiger partial charge in [-0.3, -0.25) is 9.59 Å². The lowest BCUT2D eigenvalue weighted by molar-refractivity contribution is -0.737. The van der Waals surface area contributed by atoms with Gasteiger partial charge in [-0.1, -0.05) is 6.07 Å². The van der Waals surface area contributed by atoms with Gasteiger partial charge in [0, 0.05) is 6.07 Å². The van der Waals surface area contributed by atoms with Gasteiger partial charge in [-0.2, -0.15) is 4.39 Å². The van der Waals surface area contributed by atoms with E-state index in [1.54, 1.807) is 0 Å². The number of nitrogens with two attached hydrogens (primary N) is 1. The highest BCUT2D eigenvalue weighted by atomic mass is 19.1. The summed E-state index contributed by atoms with van der Waals surface area (Å²) in [7, 11) is 1.08. The molecule has 8 nitrogen and oxygen atoms in total. The molecule has 0 fully saturated rings. The molecule has 0 aliphatic rings. The third-order valence-corrected chi connectivity index (χ3v) is 3.06. The van der Waals surface area contributed by atoms with Gasteiger partial charge in [0.25, 0.3) is 4.92 Å². The lowest BCUT2D eigenvalue weighted by atomic mass is 9.93. The Bertz CT molecular complexity index is 592. The number of carboxylic acids is 2. The second-order valence-corrected chi connectivity index (χ2v) is 4.65. The third kappa shape index (κ3) is 4.48. The Morgan fingerprint density at radius 1 is 1.36 bits per heavy atom. The third-order valence-electron chi connectivity index (χ3n) is 3.06. The highest BCUT2D eigenvalue weighted by molar-refractivity contribution is 5.76. The molecule has 0 aliphatic heterocycles. The molecule has 4 N–H and O–H groups in total. The first-order chi connectivity index (χ1) is 10.3. The minimum atomic E-state index is -1.32. The maximum Gasteiger partial charge on any atom is 0.352 e. The van der Waals surface area contributed by atoms with Crippen LogP contribution in [0.15, 0.2) is 18.2 Å². The summed E-state index contributed by atoms with van der Waals surface area (Å²) in [6.45, 7) is 0. The summed E-state index contributed by atoms with van der Waals surface area (Å²) in [4.78, 5) is 37.3. The zero-order valence-electron chi connectivity index (χ0n) is 11.7. The molecule has 2 atom stereocenters. The molecular formula is C13H16FN2O6+. The molecule has 2 unspecified atom stereocenters. The molecule has 0 spiro atoms. The van der Waals surface area contributed by atoms with E-state index in [1.807, 2.05) is 0 Å². The van der Waals surface area contributed by atoms with Gasteiger partial charge < -0.3 is 15.9 Å². The van der Waals surface area contributed by atoms with Crippen molar-refractivity contribution in [3.05, 3.63) is 34.5 Å². The van der Waals surface area contributed by atoms with Crippen LogP contribution in [0, 0.1) is 16.6 Å². The number of rotatable bonds is 8. The first-order valence-corrected chi connectivity index (χ1v) is 6.27. The first kappa shape index (κ1) is 17.5. The van der Waals surface area contributed by atoms with Crippen molar-refractivity contribution in [3.63, 3.8) is 0 Å². The van der Waals surface area contributed by atoms with Gasteiger partial charge in [0.2, 0.25) is 5.82 Å². The Morgan fingerprint density at radius 3 is 2.45 bits per heavy atom. The van der Waals surface area contributed by atoms with Crippen LogP contribution in [0.1, 0.15) is 12.0 Å². The van der Waals surface area contributed by atoms with E-state index in [4.69, 9.17) is 15.9 Å². The van der Waals surface area contributed by atoms with Gasteiger partial charge in [0.1, 0.15) is 6.04 Å².